The SMILES string of the molecule is Clc1ncc(CNc2ccccc2-c2nn[nH]n2)s1. The first-order valence-electron chi connectivity index (χ1n) is 5.50. The van der Waals surface area contributed by atoms with E-state index in [2.05, 4.69) is 30.9 Å². The summed E-state index contributed by atoms with van der Waals surface area (Å²) >= 11 is 7.25. The highest BCUT2D eigenvalue weighted by Crippen LogP contribution is 2.25. The smallest absolute Gasteiger partial charge is 0.206 e. The molecule has 2 heterocycles. The fraction of sp³-hybridized carbons (Fsp3) is 0.0909. The number of aromatic amines is 1. The Morgan fingerprint density at radius 1 is 1.32 bits per heavy atom. The highest BCUT2D eigenvalue weighted by atomic mass is 35.5. The van der Waals surface area contributed by atoms with Crippen molar-refractivity contribution >= 4 is 28.6 Å². The minimum atomic E-state index is 0.545. The summed E-state index contributed by atoms with van der Waals surface area (Å²) in [6.07, 6.45) is 1.76. The maximum Gasteiger partial charge on any atom is 0.206 e. The van der Waals surface area contributed by atoms with E-state index < -0.39 is 0 Å². The molecule has 0 unspecified atom stereocenters. The lowest BCUT2D eigenvalue weighted by molar-refractivity contribution is 0.881. The Balaban J connectivity index is 1.81. The Hall–Kier alpha value is -1.99. The third kappa shape index (κ3) is 2.72. The van der Waals surface area contributed by atoms with Gasteiger partial charge in [0.1, 0.15) is 0 Å². The van der Waals surface area contributed by atoms with Gasteiger partial charge in [-0.05, 0) is 17.3 Å². The highest BCUT2D eigenvalue weighted by molar-refractivity contribution is 7.15. The van der Waals surface area contributed by atoms with E-state index in [1.165, 1.54) is 11.3 Å². The van der Waals surface area contributed by atoms with Gasteiger partial charge in [-0.3, -0.25) is 0 Å². The standard InChI is InChI=1S/C11H9ClN6S/c12-11-14-6-7(19-11)5-13-9-4-2-1-3-8(9)10-15-17-18-16-10/h1-4,6,13H,5H2,(H,15,16,17,18). The van der Waals surface area contributed by atoms with Gasteiger partial charge in [0.25, 0.3) is 0 Å². The van der Waals surface area contributed by atoms with E-state index in [4.69, 9.17) is 11.6 Å². The predicted molar refractivity (Wildman–Crippen MR) is 74.1 cm³/mol. The Labute approximate surface area is 117 Å². The van der Waals surface area contributed by atoms with Gasteiger partial charge in [-0.25, -0.2) is 4.98 Å². The van der Waals surface area contributed by atoms with Gasteiger partial charge in [-0.15, -0.1) is 21.5 Å². The number of rotatable bonds is 4. The molecular weight excluding hydrogens is 284 g/mol. The van der Waals surface area contributed by atoms with Crippen molar-refractivity contribution in [1.29, 1.82) is 0 Å². The number of anilines is 1. The minimum absolute atomic E-state index is 0.545. The Bertz CT molecular complexity index is 665. The monoisotopic (exact) mass is 292 g/mol. The molecule has 2 N–H and O–H groups in total. The number of benzene rings is 1. The zero-order chi connectivity index (χ0) is 13.1. The molecule has 0 aliphatic rings. The zero-order valence-electron chi connectivity index (χ0n) is 9.67. The second-order valence-electron chi connectivity index (χ2n) is 3.71. The van der Waals surface area contributed by atoms with Crippen LogP contribution in [0, 0.1) is 0 Å². The van der Waals surface area contributed by atoms with E-state index in [0.29, 0.717) is 16.8 Å². The van der Waals surface area contributed by atoms with Gasteiger partial charge >= 0.3 is 0 Å². The predicted octanol–water partition coefficient (Wildman–Crippen LogP) is 2.59. The second-order valence-corrected chi connectivity index (χ2v) is 5.41. The first-order chi connectivity index (χ1) is 9.33. The van der Waals surface area contributed by atoms with Crippen LogP contribution in [0.1, 0.15) is 4.88 Å². The van der Waals surface area contributed by atoms with Crippen molar-refractivity contribution in [3.05, 3.63) is 39.8 Å². The van der Waals surface area contributed by atoms with Crippen molar-refractivity contribution in [2.75, 3.05) is 5.32 Å². The molecule has 0 aliphatic carbocycles. The number of nitrogens with one attached hydrogen (secondary N) is 2. The number of hydrogen-bond donors (Lipinski definition) is 2. The lowest BCUT2D eigenvalue weighted by atomic mass is 10.1. The van der Waals surface area contributed by atoms with Crippen LogP contribution in [0.3, 0.4) is 0 Å². The molecule has 3 rings (SSSR count). The average molecular weight is 293 g/mol. The molecule has 1 aromatic carbocycles. The van der Waals surface area contributed by atoms with Crippen LogP contribution < -0.4 is 5.32 Å². The molecule has 0 amide bonds. The van der Waals surface area contributed by atoms with Crippen molar-refractivity contribution in [1.82, 2.24) is 25.6 Å². The van der Waals surface area contributed by atoms with E-state index in [1.807, 2.05) is 24.3 Å². The van der Waals surface area contributed by atoms with Gasteiger partial charge in [0, 0.05) is 22.3 Å². The minimum Gasteiger partial charge on any atom is -0.379 e. The summed E-state index contributed by atoms with van der Waals surface area (Å²) in [5, 5.41) is 17.3. The Morgan fingerprint density at radius 3 is 2.95 bits per heavy atom. The van der Waals surface area contributed by atoms with Crippen molar-refractivity contribution < 1.29 is 0 Å². The second kappa shape index (κ2) is 5.33. The van der Waals surface area contributed by atoms with Crippen LogP contribution in [0.15, 0.2) is 30.5 Å². The number of nitrogens with zero attached hydrogens (tertiary/aromatic N) is 4. The van der Waals surface area contributed by atoms with E-state index >= 15 is 0 Å². The highest BCUT2D eigenvalue weighted by Gasteiger charge is 2.08. The van der Waals surface area contributed by atoms with Gasteiger partial charge in [0.05, 0.1) is 6.54 Å². The molecule has 19 heavy (non-hydrogen) atoms. The topological polar surface area (TPSA) is 79.4 Å². The molecule has 0 saturated carbocycles. The van der Waals surface area contributed by atoms with E-state index in [0.717, 1.165) is 16.1 Å². The van der Waals surface area contributed by atoms with Gasteiger partial charge in [0.2, 0.25) is 5.82 Å². The van der Waals surface area contributed by atoms with Gasteiger partial charge < -0.3 is 5.32 Å². The number of para-hydroxylation sites is 1. The fourth-order valence-corrected chi connectivity index (χ4v) is 2.57. The Morgan fingerprint density at radius 2 is 2.21 bits per heavy atom. The summed E-state index contributed by atoms with van der Waals surface area (Å²) in [4.78, 5) is 5.07. The molecule has 0 aliphatic heterocycles. The van der Waals surface area contributed by atoms with E-state index in [1.54, 1.807) is 6.20 Å². The maximum atomic E-state index is 5.80. The average Bonchev–Trinajstić information content (AvgIpc) is 3.08. The molecule has 96 valence electrons. The summed E-state index contributed by atoms with van der Waals surface area (Å²) < 4.78 is 0.545. The summed E-state index contributed by atoms with van der Waals surface area (Å²) in [6.45, 7) is 0.652. The molecule has 0 atom stereocenters. The molecule has 0 fully saturated rings. The van der Waals surface area contributed by atoms with E-state index in [-0.39, 0.29) is 0 Å². The lowest BCUT2D eigenvalue weighted by Crippen LogP contribution is -1.99. The van der Waals surface area contributed by atoms with Crippen molar-refractivity contribution in [3.63, 3.8) is 0 Å². The molecular formula is C11H9ClN6S. The first-order valence-corrected chi connectivity index (χ1v) is 6.69. The van der Waals surface area contributed by atoms with Crippen LogP contribution in [-0.4, -0.2) is 25.6 Å². The summed E-state index contributed by atoms with van der Waals surface area (Å²) in [7, 11) is 0. The van der Waals surface area contributed by atoms with Crippen LogP contribution in [0.5, 0.6) is 0 Å². The summed E-state index contributed by atoms with van der Waals surface area (Å²) in [5.41, 5.74) is 1.83. The number of hydrogen-bond acceptors (Lipinski definition) is 6. The van der Waals surface area contributed by atoms with Gasteiger partial charge in [-0.1, -0.05) is 23.7 Å². The van der Waals surface area contributed by atoms with Crippen LogP contribution in [0.2, 0.25) is 4.47 Å². The molecule has 0 bridgehead atoms. The molecule has 0 radical (unpaired) electrons. The number of tetrazole rings is 1. The van der Waals surface area contributed by atoms with Crippen LogP contribution in [0.25, 0.3) is 11.4 Å². The molecule has 6 nitrogen and oxygen atoms in total. The summed E-state index contributed by atoms with van der Waals surface area (Å²) in [5.74, 6) is 0.561. The molecule has 0 spiro atoms. The molecule has 3 aromatic rings. The normalized spacial score (nSPS) is 10.6. The largest absolute Gasteiger partial charge is 0.379 e. The first kappa shape index (κ1) is 12.1. The third-order valence-electron chi connectivity index (χ3n) is 2.49. The molecule has 2 aromatic heterocycles. The molecule has 8 heteroatoms. The molecule has 0 saturated heterocycles. The zero-order valence-corrected chi connectivity index (χ0v) is 11.2. The summed E-state index contributed by atoms with van der Waals surface area (Å²) in [6, 6.07) is 7.78. The van der Waals surface area contributed by atoms with Gasteiger partial charge in [0.15, 0.2) is 4.47 Å². The van der Waals surface area contributed by atoms with Crippen molar-refractivity contribution in [2.45, 2.75) is 6.54 Å². The van der Waals surface area contributed by atoms with Crippen molar-refractivity contribution in [3.8, 4) is 11.4 Å². The fourth-order valence-electron chi connectivity index (χ4n) is 1.66. The number of aromatic nitrogens is 5. The van der Waals surface area contributed by atoms with Crippen LogP contribution >= 0.6 is 22.9 Å². The van der Waals surface area contributed by atoms with E-state index in [9.17, 15) is 0 Å². The van der Waals surface area contributed by atoms with Crippen LogP contribution in [0.4, 0.5) is 5.69 Å². The van der Waals surface area contributed by atoms with Crippen LogP contribution in [-0.2, 0) is 6.54 Å². The quantitative estimate of drug-likeness (QED) is 0.772. The van der Waals surface area contributed by atoms with Crippen molar-refractivity contribution in [2.24, 2.45) is 0 Å². The number of H-pyrrole nitrogens is 1. The van der Waals surface area contributed by atoms with Gasteiger partial charge in [-0.2, -0.15) is 5.21 Å². The number of thiazole rings is 1. The Kier molecular flexibility index (Phi) is 3.39. The maximum absolute atomic E-state index is 5.80. The third-order valence-corrected chi connectivity index (χ3v) is 3.61. The lowest BCUT2D eigenvalue weighted by Gasteiger charge is -2.08. The number of halogens is 1.